The monoisotopic (exact) mass is 180 g/mol. The minimum Gasteiger partial charge on any atom is -0.358 e. The first-order valence-corrected chi connectivity index (χ1v) is 4.07. The van der Waals surface area contributed by atoms with E-state index in [0.29, 0.717) is 0 Å². The van der Waals surface area contributed by atoms with Crippen LogP contribution in [0.15, 0.2) is 0 Å². The van der Waals surface area contributed by atoms with Crippen LogP contribution in [0.25, 0.3) is 0 Å². The largest absolute Gasteiger partial charge is 1.00 e. The van der Waals surface area contributed by atoms with Gasteiger partial charge in [-0.2, -0.15) is 0 Å². The fourth-order valence-electron chi connectivity index (χ4n) is 0. The molecule has 0 bridgehead atoms. The normalized spacial score (nSPS) is 8.43. The molecule has 0 aliphatic heterocycles. The quantitative estimate of drug-likeness (QED) is 0.258. The van der Waals surface area contributed by atoms with Crippen molar-refractivity contribution in [3.63, 3.8) is 0 Å². The Labute approximate surface area is 67.2 Å². The van der Waals surface area contributed by atoms with Gasteiger partial charge in [-0.25, -0.2) is 0 Å². The van der Waals surface area contributed by atoms with E-state index in [1.54, 1.807) is 0 Å². The van der Waals surface area contributed by atoms with E-state index >= 15 is 0 Å². The third-order valence-electron chi connectivity index (χ3n) is 0. The van der Waals surface area contributed by atoms with Gasteiger partial charge >= 0.3 is 60.1 Å². The molecule has 0 saturated heterocycles. The van der Waals surface area contributed by atoms with E-state index in [1.807, 2.05) is 0 Å². The van der Waals surface area contributed by atoms with Gasteiger partial charge in [0.15, 0.2) is 0 Å². The zero-order chi connectivity index (χ0) is 4.50. The maximum Gasteiger partial charge on any atom is 1.00 e. The number of hydrogen-bond donors (Lipinski definition) is 3. The SMILES string of the molecule is O=[As](O)(O)O.[CH3-].[Na+]. The van der Waals surface area contributed by atoms with Crippen molar-refractivity contribution in [1.82, 2.24) is 0 Å². The first-order chi connectivity index (χ1) is 2.00. The van der Waals surface area contributed by atoms with Gasteiger partial charge in [0.1, 0.15) is 0 Å². The Bertz CT molecular complexity index is 57.8. The van der Waals surface area contributed by atoms with Gasteiger partial charge in [-0.15, -0.1) is 0 Å². The Balaban J connectivity index is -0.0000000800. The zero-order valence-corrected chi connectivity index (χ0v) is 8.07. The second-order valence-corrected chi connectivity index (χ2v) is 2.67. The first-order valence-electron chi connectivity index (χ1n) is 0.783. The van der Waals surface area contributed by atoms with Crippen molar-refractivity contribution < 1.29 is 45.6 Å². The van der Waals surface area contributed by atoms with Gasteiger partial charge in [0.25, 0.3) is 0 Å². The van der Waals surface area contributed by atoms with Crippen molar-refractivity contribution in [2.75, 3.05) is 0 Å². The Hall–Kier alpha value is 1.24. The number of rotatable bonds is 0. The molecule has 0 spiro atoms. The van der Waals surface area contributed by atoms with E-state index in [9.17, 15) is 0 Å². The van der Waals surface area contributed by atoms with Crippen molar-refractivity contribution >= 4 is 14.5 Å². The summed E-state index contributed by atoms with van der Waals surface area (Å²) in [4.78, 5) is 0. The van der Waals surface area contributed by atoms with Gasteiger partial charge < -0.3 is 7.43 Å². The maximum absolute atomic E-state index is 8.94. The fourth-order valence-corrected chi connectivity index (χ4v) is 0. The predicted octanol–water partition coefficient (Wildman–Crippen LogP) is -4.72. The molecule has 0 aromatic rings. The Morgan fingerprint density at radius 1 is 1.14 bits per heavy atom. The Kier molecular flexibility index (Phi) is 12.1. The summed E-state index contributed by atoms with van der Waals surface area (Å²) >= 11 is -5.12. The van der Waals surface area contributed by atoms with Gasteiger partial charge in [-0.3, -0.25) is 0 Å². The van der Waals surface area contributed by atoms with Gasteiger partial charge in [0, 0.05) is 0 Å². The molecule has 0 radical (unpaired) electrons. The molecule has 0 unspecified atom stereocenters. The summed E-state index contributed by atoms with van der Waals surface area (Å²) in [5.41, 5.74) is 0. The van der Waals surface area contributed by atoms with Crippen molar-refractivity contribution in [1.29, 1.82) is 0 Å². The summed E-state index contributed by atoms with van der Waals surface area (Å²) in [6, 6.07) is 0. The minimum absolute atomic E-state index is 0. The molecule has 0 aliphatic rings. The number of hydrogen-bond acceptors (Lipinski definition) is 1. The molecule has 0 saturated carbocycles. The topological polar surface area (TPSA) is 77.8 Å². The zero-order valence-electron chi connectivity index (χ0n) is 4.20. The van der Waals surface area contributed by atoms with Crippen LogP contribution in [0.2, 0.25) is 0 Å². The molecule has 0 rings (SSSR count). The second-order valence-electron chi connectivity index (χ2n) is 0.513. The molecule has 0 atom stereocenters. The molecular formula is CH6AsNaO4. The molecule has 0 aromatic heterocycles. The second kappa shape index (κ2) is 5.38. The van der Waals surface area contributed by atoms with E-state index in [2.05, 4.69) is 0 Å². The van der Waals surface area contributed by atoms with Crippen LogP contribution in [0.5, 0.6) is 0 Å². The third kappa shape index (κ3) is 130. The van der Waals surface area contributed by atoms with Gasteiger partial charge in [-0.05, 0) is 0 Å². The molecule has 0 aliphatic carbocycles. The molecule has 0 amide bonds. The first kappa shape index (κ1) is 15.7. The van der Waals surface area contributed by atoms with E-state index in [0.717, 1.165) is 0 Å². The van der Waals surface area contributed by atoms with Crippen LogP contribution >= 0.6 is 0 Å². The van der Waals surface area contributed by atoms with E-state index in [4.69, 9.17) is 16.0 Å². The Morgan fingerprint density at radius 3 is 1.14 bits per heavy atom. The third-order valence-corrected chi connectivity index (χ3v) is 0. The summed E-state index contributed by atoms with van der Waals surface area (Å²) in [7, 11) is 0. The van der Waals surface area contributed by atoms with Crippen molar-refractivity contribution in [3.05, 3.63) is 7.43 Å². The van der Waals surface area contributed by atoms with Crippen LogP contribution in [-0.4, -0.2) is 26.8 Å². The average molecular weight is 180 g/mol. The van der Waals surface area contributed by atoms with Crippen molar-refractivity contribution in [2.24, 2.45) is 0 Å². The van der Waals surface area contributed by atoms with Gasteiger partial charge in [-0.1, -0.05) is 0 Å². The van der Waals surface area contributed by atoms with E-state index in [-0.39, 0.29) is 37.0 Å². The van der Waals surface area contributed by atoms with Crippen molar-refractivity contribution in [2.45, 2.75) is 0 Å². The van der Waals surface area contributed by atoms with E-state index in [1.165, 1.54) is 0 Å². The molecule has 0 fully saturated rings. The summed E-state index contributed by atoms with van der Waals surface area (Å²) in [5.74, 6) is 0. The van der Waals surface area contributed by atoms with Crippen LogP contribution in [0.3, 0.4) is 0 Å². The summed E-state index contributed by atoms with van der Waals surface area (Å²) in [6.07, 6.45) is 0. The van der Waals surface area contributed by atoms with Crippen LogP contribution < -0.4 is 29.6 Å². The van der Waals surface area contributed by atoms with Crippen molar-refractivity contribution in [3.8, 4) is 0 Å². The summed E-state index contributed by atoms with van der Waals surface area (Å²) in [5, 5.41) is 0. The minimum atomic E-state index is -5.12. The smallest absolute Gasteiger partial charge is 0.358 e. The molecule has 4 nitrogen and oxygen atoms in total. The molecule has 3 N–H and O–H groups in total. The van der Waals surface area contributed by atoms with Gasteiger partial charge in [0.2, 0.25) is 0 Å². The summed E-state index contributed by atoms with van der Waals surface area (Å²) < 4.78 is 30.7. The summed E-state index contributed by atoms with van der Waals surface area (Å²) in [6.45, 7) is 0. The van der Waals surface area contributed by atoms with E-state index < -0.39 is 14.5 Å². The molecule has 7 heavy (non-hydrogen) atoms. The molecule has 0 heterocycles. The maximum atomic E-state index is 8.94. The predicted molar refractivity (Wildman–Crippen MR) is 19.5 cm³/mol. The molecule has 6 heteroatoms. The van der Waals surface area contributed by atoms with Crippen LogP contribution in [0, 0.1) is 7.43 Å². The molecule has 40 valence electrons. The Morgan fingerprint density at radius 2 is 1.14 bits per heavy atom. The van der Waals surface area contributed by atoms with Crippen LogP contribution in [-0.2, 0) is 3.74 Å². The standard InChI is InChI=1S/CH3.AsH3O4.Na/c;2-1(3,4)5;/h1H3;(H3,2,3,4,5);/q-1;;+1. The fraction of sp³-hybridized carbons (Fsp3) is 0. The average Bonchev–Trinajstić information content (AvgIpc) is 0.722. The molecule has 0 aromatic carbocycles. The van der Waals surface area contributed by atoms with Gasteiger partial charge in [0.05, 0.1) is 0 Å². The molecular weight excluding hydrogens is 174 g/mol. The van der Waals surface area contributed by atoms with Crippen LogP contribution in [0.4, 0.5) is 0 Å². The van der Waals surface area contributed by atoms with Crippen LogP contribution in [0.1, 0.15) is 0 Å².